The molecule has 2 aromatic rings. The van der Waals surface area contributed by atoms with Gasteiger partial charge in [0.25, 0.3) is 0 Å². The standard InChI is InChI=1S/C22H25N3O2/c1-16-20(18-13-7-4-8-14-18)25(22(27)24(16)2)21(26)19(23)15-9-12-17-10-5-3-6-11-17/h3-14,16,19-20H,15,23H2,1-2H3/b12-9+/t16-,19-,20-/m0/s1. The SMILES string of the molecule is C[C@H]1[C@@H](c2ccccc2)N(C(=O)[C@@H](N)C/C=C/c2ccccc2)C(=O)N1C. The van der Waals surface area contributed by atoms with E-state index < -0.39 is 6.04 Å². The van der Waals surface area contributed by atoms with Gasteiger partial charge in [-0.2, -0.15) is 0 Å². The number of urea groups is 1. The van der Waals surface area contributed by atoms with Crippen molar-refractivity contribution in [1.82, 2.24) is 9.80 Å². The van der Waals surface area contributed by atoms with Crippen molar-refractivity contribution in [3.63, 3.8) is 0 Å². The number of hydrogen-bond donors (Lipinski definition) is 1. The molecule has 140 valence electrons. The molecule has 0 aromatic heterocycles. The Balaban J connectivity index is 1.76. The number of carbonyl (C=O) groups excluding carboxylic acids is 2. The first kappa shape index (κ1) is 18.9. The van der Waals surface area contributed by atoms with Crippen molar-refractivity contribution in [2.75, 3.05) is 7.05 Å². The highest BCUT2D eigenvalue weighted by Gasteiger charge is 2.46. The summed E-state index contributed by atoms with van der Waals surface area (Å²) >= 11 is 0. The summed E-state index contributed by atoms with van der Waals surface area (Å²) in [5.74, 6) is -0.345. The molecule has 3 amide bonds. The van der Waals surface area contributed by atoms with Gasteiger partial charge in [0.1, 0.15) is 0 Å². The van der Waals surface area contributed by atoms with Crippen LogP contribution in [0.25, 0.3) is 6.08 Å². The summed E-state index contributed by atoms with van der Waals surface area (Å²) < 4.78 is 0. The number of rotatable bonds is 5. The molecule has 27 heavy (non-hydrogen) atoms. The molecular weight excluding hydrogens is 338 g/mol. The third-order valence-corrected chi connectivity index (χ3v) is 5.05. The number of amides is 3. The molecule has 1 saturated heterocycles. The highest BCUT2D eigenvalue weighted by atomic mass is 16.2. The van der Waals surface area contributed by atoms with Crippen LogP contribution in [-0.4, -0.2) is 40.9 Å². The third-order valence-electron chi connectivity index (χ3n) is 5.05. The maximum atomic E-state index is 13.0. The lowest BCUT2D eigenvalue weighted by molar-refractivity contribution is -0.130. The Morgan fingerprint density at radius 2 is 1.70 bits per heavy atom. The van der Waals surface area contributed by atoms with Crippen molar-refractivity contribution >= 4 is 18.0 Å². The van der Waals surface area contributed by atoms with Crippen LogP contribution in [0.15, 0.2) is 66.7 Å². The van der Waals surface area contributed by atoms with Crippen LogP contribution in [0.4, 0.5) is 4.79 Å². The molecule has 2 aromatic carbocycles. The molecule has 0 spiro atoms. The zero-order chi connectivity index (χ0) is 19.4. The molecule has 3 rings (SSSR count). The minimum atomic E-state index is -0.765. The summed E-state index contributed by atoms with van der Waals surface area (Å²) in [5, 5.41) is 0. The van der Waals surface area contributed by atoms with Gasteiger partial charge in [0.15, 0.2) is 0 Å². The Morgan fingerprint density at radius 1 is 1.11 bits per heavy atom. The Labute approximate surface area is 160 Å². The van der Waals surface area contributed by atoms with Crippen LogP contribution in [-0.2, 0) is 4.79 Å². The van der Waals surface area contributed by atoms with Crippen molar-refractivity contribution in [2.24, 2.45) is 5.73 Å². The van der Waals surface area contributed by atoms with Gasteiger partial charge in [0, 0.05) is 7.05 Å². The minimum Gasteiger partial charge on any atom is -0.322 e. The molecule has 3 atom stereocenters. The molecule has 5 heteroatoms. The first-order valence-electron chi connectivity index (χ1n) is 9.12. The van der Waals surface area contributed by atoms with E-state index in [0.717, 1.165) is 11.1 Å². The fraction of sp³-hybridized carbons (Fsp3) is 0.273. The minimum absolute atomic E-state index is 0.115. The number of nitrogens with two attached hydrogens (primary N) is 1. The zero-order valence-electron chi connectivity index (χ0n) is 15.7. The lowest BCUT2D eigenvalue weighted by atomic mass is 9.99. The van der Waals surface area contributed by atoms with Crippen molar-refractivity contribution in [2.45, 2.75) is 31.5 Å². The predicted octanol–water partition coefficient (Wildman–Crippen LogP) is 3.44. The normalized spacial score (nSPS) is 21.1. The molecule has 0 aliphatic carbocycles. The average molecular weight is 363 g/mol. The van der Waals surface area contributed by atoms with E-state index in [1.807, 2.05) is 79.7 Å². The summed E-state index contributed by atoms with van der Waals surface area (Å²) in [4.78, 5) is 28.6. The molecule has 1 heterocycles. The summed E-state index contributed by atoms with van der Waals surface area (Å²) in [5.41, 5.74) is 8.12. The van der Waals surface area contributed by atoms with E-state index in [9.17, 15) is 9.59 Å². The number of imide groups is 1. The van der Waals surface area contributed by atoms with E-state index in [2.05, 4.69) is 0 Å². The fourth-order valence-electron chi connectivity index (χ4n) is 3.39. The van der Waals surface area contributed by atoms with E-state index in [1.54, 1.807) is 11.9 Å². The van der Waals surface area contributed by atoms with Gasteiger partial charge in [-0.15, -0.1) is 0 Å². The first-order valence-corrected chi connectivity index (χ1v) is 9.12. The predicted molar refractivity (Wildman–Crippen MR) is 107 cm³/mol. The van der Waals surface area contributed by atoms with Crippen LogP contribution < -0.4 is 5.73 Å². The first-order chi connectivity index (χ1) is 13.0. The van der Waals surface area contributed by atoms with Gasteiger partial charge in [-0.1, -0.05) is 72.8 Å². The zero-order valence-corrected chi connectivity index (χ0v) is 15.7. The molecule has 0 unspecified atom stereocenters. The van der Waals surface area contributed by atoms with E-state index in [4.69, 9.17) is 5.73 Å². The van der Waals surface area contributed by atoms with Gasteiger partial charge in [-0.25, -0.2) is 4.79 Å². The maximum Gasteiger partial charge on any atom is 0.327 e. The van der Waals surface area contributed by atoms with E-state index in [0.29, 0.717) is 6.42 Å². The summed E-state index contributed by atoms with van der Waals surface area (Å²) in [6.45, 7) is 1.95. The lowest BCUT2D eigenvalue weighted by Crippen LogP contribution is -2.46. The molecule has 0 radical (unpaired) electrons. The second kappa shape index (κ2) is 8.18. The number of nitrogens with zero attached hydrogens (tertiary/aromatic N) is 2. The molecule has 1 aliphatic heterocycles. The quantitative estimate of drug-likeness (QED) is 0.885. The van der Waals surface area contributed by atoms with Crippen molar-refractivity contribution < 1.29 is 9.59 Å². The molecule has 1 fully saturated rings. The molecule has 0 bridgehead atoms. The fourth-order valence-corrected chi connectivity index (χ4v) is 3.39. The van der Waals surface area contributed by atoms with Crippen LogP contribution >= 0.6 is 0 Å². The highest BCUT2D eigenvalue weighted by Crippen LogP contribution is 2.34. The molecule has 0 saturated carbocycles. The molecule has 2 N–H and O–H groups in total. The van der Waals surface area contributed by atoms with E-state index in [1.165, 1.54) is 4.90 Å². The largest absolute Gasteiger partial charge is 0.327 e. The third kappa shape index (κ3) is 3.93. The van der Waals surface area contributed by atoms with E-state index >= 15 is 0 Å². The van der Waals surface area contributed by atoms with Crippen molar-refractivity contribution in [3.8, 4) is 0 Å². The summed E-state index contributed by atoms with van der Waals surface area (Å²) in [6.07, 6.45) is 4.18. The van der Waals surface area contributed by atoms with Gasteiger partial charge in [0.2, 0.25) is 5.91 Å². The number of hydrogen-bond acceptors (Lipinski definition) is 3. The molecule has 1 aliphatic rings. The van der Waals surface area contributed by atoms with Crippen LogP contribution in [0.5, 0.6) is 0 Å². The van der Waals surface area contributed by atoms with Crippen LogP contribution in [0.1, 0.15) is 30.5 Å². The van der Waals surface area contributed by atoms with Gasteiger partial charge < -0.3 is 10.6 Å². The topological polar surface area (TPSA) is 66.6 Å². The van der Waals surface area contributed by atoms with Crippen LogP contribution in [0.3, 0.4) is 0 Å². The maximum absolute atomic E-state index is 13.0. The van der Waals surface area contributed by atoms with E-state index in [-0.39, 0.29) is 24.0 Å². The van der Waals surface area contributed by atoms with Crippen LogP contribution in [0, 0.1) is 0 Å². The van der Waals surface area contributed by atoms with Gasteiger partial charge in [-0.3, -0.25) is 9.69 Å². The Kier molecular flexibility index (Phi) is 5.72. The van der Waals surface area contributed by atoms with Gasteiger partial charge in [-0.05, 0) is 24.5 Å². The molecular formula is C22H25N3O2. The Morgan fingerprint density at radius 3 is 2.33 bits per heavy atom. The highest BCUT2D eigenvalue weighted by molar-refractivity contribution is 5.99. The second-order valence-corrected chi connectivity index (χ2v) is 6.85. The molecule has 5 nitrogen and oxygen atoms in total. The van der Waals surface area contributed by atoms with Gasteiger partial charge in [0.05, 0.1) is 18.1 Å². The lowest BCUT2D eigenvalue weighted by Gasteiger charge is -2.26. The summed E-state index contributed by atoms with van der Waals surface area (Å²) in [6, 6.07) is 17.9. The Bertz CT molecular complexity index is 820. The average Bonchev–Trinajstić information content (AvgIpc) is 2.92. The number of benzene rings is 2. The number of likely N-dealkylation sites (N-methyl/N-ethyl adjacent to an activating group) is 1. The number of carbonyl (C=O) groups is 2. The van der Waals surface area contributed by atoms with Gasteiger partial charge >= 0.3 is 6.03 Å². The second-order valence-electron chi connectivity index (χ2n) is 6.85. The van der Waals surface area contributed by atoms with Crippen molar-refractivity contribution in [1.29, 1.82) is 0 Å². The van der Waals surface area contributed by atoms with Crippen LogP contribution in [0.2, 0.25) is 0 Å². The van der Waals surface area contributed by atoms with Crippen molar-refractivity contribution in [3.05, 3.63) is 77.9 Å². The monoisotopic (exact) mass is 363 g/mol. The Hall–Kier alpha value is -2.92. The smallest absolute Gasteiger partial charge is 0.322 e. The summed E-state index contributed by atoms with van der Waals surface area (Å²) in [7, 11) is 1.72.